The van der Waals surface area contributed by atoms with E-state index in [2.05, 4.69) is 258 Å². The van der Waals surface area contributed by atoms with Gasteiger partial charge < -0.3 is 9.47 Å². The Morgan fingerprint density at radius 2 is 0.847 bits per heavy atom. The van der Waals surface area contributed by atoms with Crippen molar-refractivity contribution < 1.29 is 4.39 Å². The topological polar surface area (TPSA) is 8.17 Å². The Kier molecular flexibility index (Phi) is 9.65. The maximum atomic E-state index is 14.4. The third kappa shape index (κ3) is 6.48. The van der Waals surface area contributed by atoms with Gasteiger partial charge in [0.25, 0.3) is 0 Å². The van der Waals surface area contributed by atoms with E-state index in [1.54, 1.807) is 0 Å². The minimum atomic E-state index is -0.495. The summed E-state index contributed by atoms with van der Waals surface area (Å²) >= 11 is 0. The molecule has 0 spiro atoms. The van der Waals surface area contributed by atoms with Crippen molar-refractivity contribution in [3.8, 4) is 39.1 Å². The van der Waals surface area contributed by atoms with Crippen LogP contribution in [0.4, 0.5) is 21.5 Å². The highest BCUT2D eigenvalue weighted by molar-refractivity contribution is 6.15. The fourth-order valence-corrected chi connectivity index (χ4v) is 11.9. The van der Waals surface area contributed by atoms with Gasteiger partial charge in [0.2, 0.25) is 0 Å². The highest BCUT2D eigenvalue weighted by atomic mass is 19.1. The molecule has 1 aromatic heterocycles. The average molecular weight is 921 g/mol. The molecule has 1 aliphatic carbocycles. The lowest BCUT2D eigenvalue weighted by Crippen LogP contribution is -2.28. The quantitative estimate of drug-likeness (QED) is 0.138. The molecule has 0 bridgehead atoms. The lowest BCUT2D eigenvalue weighted by molar-refractivity contribution is 0.628. The molecule has 13 aromatic rings. The van der Waals surface area contributed by atoms with Gasteiger partial charge >= 0.3 is 0 Å². The van der Waals surface area contributed by atoms with Gasteiger partial charge in [0.15, 0.2) is 0 Å². The largest absolute Gasteiger partial charge is 0.310 e. The standard InChI is InChI=1S/C69H45FN2/c70-53-34-38-55(39-35-53)71(67-44-50-15-7-8-20-57(50)58-21-9-10-23-61(58)67)54-36-31-47(32-37-54)46-27-29-48(30-28-46)49-33-41-63-62-24-12-14-26-66(62)72(68(63)43-49)56-40-42-60-59-22-11-13-25-64(59)69(65(60)45-56,51-16-3-1-4-17-51)52-18-5-2-6-19-52/h1-45H. The molecule has 72 heavy (non-hydrogen) atoms. The summed E-state index contributed by atoms with van der Waals surface area (Å²) in [6, 6.07) is 97.6. The van der Waals surface area contributed by atoms with Gasteiger partial charge in [-0.3, -0.25) is 0 Å². The first kappa shape index (κ1) is 41.6. The van der Waals surface area contributed by atoms with Gasteiger partial charge in [-0.05, 0) is 139 Å². The number of para-hydroxylation sites is 1. The van der Waals surface area contributed by atoms with Crippen LogP contribution in [-0.2, 0) is 5.41 Å². The summed E-state index contributed by atoms with van der Waals surface area (Å²) in [7, 11) is 0. The summed E-state index contributed by atoms with van der Waals surface area (Å²) in [6.45, 7) is 0. The molecule has 1 aliphatic rings. The second-order valence-corrected chi connectivity index (χ2v) is 18.9. The lowest BCUT2D eigenvalue weighted by atomic mass is 9.67. The Morgan fingerprint density at radius 1 is 0.333 bits per heavy atom. The van der Waals surface area contributed by atoms with E-state index in [1.807, 2.05) is 12.1 Å². The number of halogens is 1. The highest BCUT2D eigenvalue weighted by Crippen LogP contribution is 2.57. The Morgan fingerprint density at radius 3 is 1.56 bits per heavy atom. The lowest BCUT2D eigenvalue weighted by Gasteiger charge is -2.34. The number of fused-ring (bicyclic) bond motifs is 9. The maximum absolute atomic E-state index is 14.4. The van der Waals surface area contributed by atoms with Crippen LogP contribution in [0.2, 0.25) is 0 Å². The maximum Gasteiger partial charge on any atom is 0.123 e. The van der Waals surface area contributed by atoms with E-state index in [4.69, 9.17) is 0 Å². The SMILES string of the molecule is Fc1ccc(N(c2ccc(-c3ccc(-c4ccc5c6ccccc6n(-c6ccc7c(c6)C(c6ccccc6)(c6ccccc6)c6ccccc6-7)c5c4)cc3)cc2)c2cc3ccccc3c3ccccc23)cc1. The van der Waals surface area contributed by atoms with E-state index in [0.717, 1.165) is 55.8 Å². The first-order chi connectivity index (χ1) is 35.6. The third-order valence-electron chi connectivity index (χ3n) is 15.1. The summed E-state index contributed by atoms with van der Waals surface area (Å²) in [5.41, 5.74) is 18.1. The Balaban J connectivity index is 0.849. The molecular formula is C69H45FN2. The molecule has 2 nitrogen and oxygen atoms in total. The number of aromatic nitrogens is 1. The zero-order valence-electron chi connectivity index (χ0n) is 39.3. The molecule has 0 N–H and O–H groups in total. The summed E-state index contributed by atoms with van der Waals surface area (Å²) in [5, 5.41) is 7.11. The fourth-order valence-electron chi connectivity index (χ4n) is 11.9. The summed E-state index contributed by atoms with van der Waals surface area (Å²) in [5.74, 6) is -0.261. The molecule has 338 valence electrons. The number of benzene rings is 12. The van der Waals surface area contributed by atoms with Gasteiger partial charge in [-0.25, -0.2) is 4.39 Å². The Bertz CT molecular complexity index is 4150. The van der Waals surface area contributed by atoms with Crippen molar-refractivity contribution in [2.75, 3.05) is 4.90 Å². The molecule has 3 heteroatoms. The molecule has 0 saturated heterocycles. The van der Waals surface area contributed by atoms with Gasteiger partial charge in [-0.15, -0.1) is 0 Å². The molecule has 0 atom stereocenters. The van der Waals surface area contributed by atoms with E-state index < -0.39 is 5.41 Å². The van der Waals surface area contributed by atoms with Gasteiger partial charge in [0.05, 0.1) is 22.1 Å². The average Bonchev–Trinajstić information content (AvgIpc) is 3.94. The second kappa shape index (κ2) is 16.7. The minimum absolute atomic E-state index is 0.261. The molecule has 0 aliphatic heterocycles. The van der Waals surface area contributed by atoms with Crippen molar-refractivity contribution >= 4 is 60.4 Å². The van der Waals surface area contributed by atoms with Crippen molar-refractivity contribution in [1.82, 2.24) is 4.57 Å². The second-order valence-electron chi connectivity index (χ2n) is 18.9. The number of anilines is 3. The van der Waals surface area contributed by atoms with E-state index >= 15 is 0 Å². The van der Waals surface area contributed by atoms with Crippen LogP contribution in [0.25, 0.3) is 82.4 Å². The van der Waals surface area contributed by atoms with E-state index in [-0.39, 0.29) is 5.82 Å². The van der Waals surface area contributed by atoms with Gasteiger partial charge in [-0.1, -0.05) is 206 Å². The summed E-state index contributed by atoms with van der Waals surface area (Å²) < 4.78 is 16.8. The van der Waals surface area contributed by atoms with Crippen molar-refractivity contribution in [1.29, 1.82) is 0 Å². The molecule has 0 unspecified atom stereocenters. The smallest absolute Gasteiger partial charge is 0.123 e. The van der Waals surface area contributed by atoms with E-state index in [0.29, 0.717) is 0 Å². The predicted molar refractivity (Wildman–Crippen MR) is 299 cm³/mol. The monoisotopic (exact) mass is 920 g/mol. The van der Waals surface area contributed by atoms with Gasteiger partial charge in [0.1, 0.15) is 5.82 Å². The minimum Gasteiger partial charge on any atom is -0.310 e. The normalized spacial score (nSPS) is 12.6. The molecule has 12 aromatic carbocycles. The fraction of sp³-hybridized carbons (Fsp3) is 0.0145. The predicted octanol–water partition coefficient (Wildman–Crippen LogP) is 18.4. The van der Waals surface area contributed by atoms with E-state index in [9.17, 15) is 4.39 Å². The van der Waals surface area contributed by atoms with Gasteiger partial charge in [-0.2, -0.15) is 0 Å². The number of nitrogens with zero attached hydrogens (tertiary/aromatic N) is 2. The Labute approximate surface area is 417 Å². The van der Waals surface area contributed by atoms with Crippen LogP contribution < -0.4 is 4.90 Å². The summed E-state index contributed by atoms with van der Waals surface area (Å²) in [4.78, 5) is 2.24. The molecule has 0 radical (unpaired) electrons. The first-order valence-electron chi connectivity index (χ1n) is 24.7. The first-order valence-corrected chi connectivity index (χ1v) is 24.7. The van der Waals surface area contributed by atoms with E-state index in [1.165, 1.54) is 78.1 Å². The van der Waals surface area contributed by atoms with Crippen LogP contribution in [0.3, 0.4) is 0 Å². The van der Waals surface area contributed by atoms with Crippen molar-refractivity contribution in [3.63, 3.8) is 0 Å². The molecular weight excluding hydrogens is 876 g/mol. The van der Waals surface area contributed by atoms with Crippen LogP contribution in [-0.4, -0.2) is 4.57 Å². The Hall–Kier alpha value is -9.31. The van der Waals surface area contributed by atoms with Crippen molar-refractivity contribution in [2.24, 2.45) is 0 Å². The number of hydrogen-bond acceptors (Lipinski definition) is 1. The van der Waals surface area contributed by atoms with Gasteiger partial charge in [0, 0.05) is 33.2 Å². The third-order valence-corrected chi connectivity index (χ3v) is 15.1. The number of hydrogen-bond donors (Lipinski definition) is 0. The van der Waals surface area contributed by atoms with Crippen LogP contribution >= 0.6 is 0 Å². The molecule has 14 rings (SSSR count). The highest BCUT2D eigenvalue weighted by Gasteiger charge is 2.46. The molecule has 1 heterocycles. The molecule has 0 fully saturated rings. The zero-order valence-corrected chi connectivity index (χ0v) is 39.3. The van der Waals surface area contributed by atoms with Crippen LogP contribution in [0.15, 0.2) is 273 Å². The van der Waals surface area contributed by atoms with Crippen LogP contribution in [0.1, 0.15) is 22.3 Å². The van der Waals surface area contributed by atoms with Crippen molar-refractivity contribution in [3.05, 3.63) is 301 Å². The number of rotatable bonds is 8. The zero-order chi connectivity index (χ0) is 47.8. The van der Waals surface area contributed by atoms with Crippen molar-refractivity contribution in [2.45, 2.75) is 5.41 Å². The molecule has 0 amide bonds. The summed E-state index contributed by atoms with van der Waals surface area (Å²) in [6.07, 6.45) is 0. The van der Waals surface area contributed by atoms with Crippen LogP contribution in [0, 0.1) is 5.82 Å². The van der Waals surface area contributed by atoms with Crippen LogP contribution in [0.5, 0.6) is 0 Å². The molecule has 0 saturated carbocycles.